The van der Waals surface area contributed by atoms with Gasteiger partial charge in [-0.2, -0.15) is 0 Å². The number of hydrogen-bond donors (Lipinski definition) is 2. The summed E-state index contributed by atoms with van der Waals surface area (Å²) in [7, 11) is 0. The molecule has 2 N–H and O–H groups in total. The van der Waals surface area contributed by atoms with E-state index < -0.39 is 0 Å². The van der Waals surface area contributed by atoms with Crippen LogP contribution in [0.3, 0.4) is 0 Å². The second-order valence-corrected chi connectivity index (χ2v) is 5.77. The SMILES string of the molecule is CCC1CN(C(=O)Nc2ccc(Cl)c(Cl)c2)CC/C1=N\O. The Kier molecular flexibility index (Phi) is 5.31. The number of halogens is 2. The third-order valence-corrected chi connectivity index (χ3v) is 4.37. The first-order valence-corrected chi connectivity index (χ1v) is 7.52. The molecule has 1 heterocycles. The maximum Gasteiger partial charge on any atom is 0.321 e. The number of likely N-dealkylation sites (tertiary alicyclic amines) is 1. The predicted octanol–water partition coefficient (Wildman–Crippen LogP) is 4.09. The van der Waals surface area contributed by atoms with Crippen LogP contribution in [-0.4, -0.2) is 34.9 Å². The van der Waals surface area contributed by atoms with E-state index in [0.717, 1.165) is 12.1 Å². The van der Waals surface area contributed by atoms with Crippen LogP contribution in [0.2, 0.25) is 10.0 Å². The van der Waals surface area contributed by atoms with E-state index in [9.17, 15) is 4.79 Å². The molecule has 1 fully saturated rings. The minimum Gasteiger partial charge on any atom is -0.411 e. The lowest BCUT2D eigenvalue weighted by Crippen LogP contribution is -2.45. The summed E-state index contributed by atoms with van der Waals surface area (Å²) in [5, 5.41) is 15.9. The van der Waals surface area contributed by atoms with E-state index in [4.69, 9.17) is 28.4 Å². The molecular weight excluding hydrogens is 313 g/mol. The molecule has 1 aromatic rings. The molecule has 114 valence electrons. The number of nitrogens with zero attached hydrogens (tertiary/aromatic N) is 2. The molecular formula is C14H17Cl2N3O2. The van der Waals surface area contributed by atoms with Crippen molar-refractivity contribution in [2.45, 2.75) is 19.8 Å². The number of carbonyl (C=O) groups is 1. The Balaban J connectivity index is 2.02. The molecule has 1 unspecified atom stereocenters. The molecule has 0 bridgehead atoms. The van der Waals surface area contributed by atoms with E-state index in [1.165, 1.54) is 0 Å². The van der Waals surface area contributed by atoms with Crippen molar-refractivity contribution in [3.8, 4) is 0 Å². The van der Waals surface area contributed by atoms with Crippen molar-refractivity contribution in [2.75, 3.05) is 18.4 Å². The van der Waals surface area contributed by atoms with Gasteiger partial charge in [-0.05, 0) is 24.6 Å². The number of hydrogen-bond acceptors (Lipinski definition) is 3. The van der Waals surface area contributed by atoms with Crippen LogP contribution in [0.4, 0.5) is 10.5 Å². The lowest BCUT2D eigenvalue weighted by molar-refractivity contribution is 0.200. The van der Waals surface area contributed by atoms with Gasteiger partial charge in [0.1, 0.15) is 0 Å². The fraction of sp³-hybridized carbons (Fsp3) is 0.429. The zero-order valence-corrected chi connectivity index (χ0v) is 13.2. The van der Waals surface area contributed by atoms with Gasteiger partial charge in [0, 0.05) is 31.1 Å². The molecule has 21 heavy (non-hydrogen) atoms. The van der Waals surface area contributed by atoms with Crippen LogP contribution in [0.15, 0.2) is 23.4 Å². The van der Waals surface area contributed by atoms with Crippen molar-refractivity contribution >= 4 is 40.6 Å². The molecule has 0 spiro atoms. The number of rotatable bonds is 2. The molecule has 7 heteroatoms. The Hall–Kier alpha value is -1.46. The van der Waals surface area contributed by atoms with Gasteiger partial charge in [0.15, 0.2) is 0 Å². The second kappa shape index (κ2) is 7.00. The second-order valence-electron chi connectivity index (χ2n) is 4.95. The summed E-state index contributed by atoms with van der Waals surface area (Å²) < 4.78 is 0. The van der Waals surface area contributed by atoms with Crippen LogP contribution >= 0.6 is 23.2 Å². The van der Waals surface area contributed by atoms with Crippen LogP contribution < -0.4 is 5.32 Å². The number of nitrogens with one attached hydrogen (secondary N) is 1. The molecule has 5 nitrogen and oxygen atoms in total. The summed E-state index contributed by atoms with van der Waals surface area (Å²) in [5.74, 6) is 0.100. The highest BCUT2D eigenvalue weighted by molar-refractivity contribution is 6.42. The van der Waals surface area contributed by atoms with Crippen molar-refractivity contribution in [1.29, 1.82) is 0 Å². The number of amides is 2. The number of anilines is 1. The molecule has 0 aliphatic carbocycles. The Morgan fingerprint density at radius 1 is 1.48 bits per heavy atom. The predicted molar refractivity (Wildman–Crippen MR) is 84.7 cm³/mol. The Morgan fingerprint density at radius 2 is 2.24 bits per heavy atom. The fourth-order valence-electron chi connectivity index (χ4n) is 2.37. The van der Waals surface area contributed by atoms with E-state index in [2.05, 4.69) is 10.5 Å². The first-order valence-electron chi connectivity index (χ1n) is 6.77. The van der Waals surface area contributed by atoms with E-state index in [-0.39, 0.29) is 11.9 Å². The van der Waals surface area contributed by atoms with Crippen molar-refractivity contribution in [1.82, 2.24) is 4.90 Å². The van der Waals surface area contributed by atoms with Gasteiger partial charge < -0.3 is 15.4 Å². The quantitative estimate of drug-likeness (QED) is 0.634. The summed E-state index contributed by atoms with van der Waals surface area (Å²) >= 11 is 11.8. The molecule has 1 saturated heterocycles. The lowest BCUT2D eigenvalue weighted by atomic mass is 9.93. The van der Waals surface area contributed by atoms with Crippen molar-refractivity contribution < 1.29 is 10.0 Å². The molecule has 0 radical (unpaired) electrons. The highest BCUT2D eigenvalue weighted by Crippen LogP contribution is 2.25. The number of urea groups is 1. The number of carbonyl (C=O) groups excluding carboxylic acids is 1. The summed E-state index contributed by atoms with van der Waals surface area (Å²) in [5.41, 5.74) is 1.36. The van der Waals surface area contributed by atoms with Gasteiger partial charge in [-0.15, -0.1) is 0 Å². The maximum absolute atomic E-state index is 12.3. The third kappa shape index (κ3) is 3.80. The Bertz CT molecular complexity index is 563. The monoisotopic (exact) mass is 329 g/mol. The third-order valence-electron chi connectivity index (χ3n) is 3.63. The molecule has 0 saturated carbocycles. The zero-order valence-electron chi connectivity index (χ0n) is 11.6. The minimum absolute atomic E-state index is 0.100. The molecule has 1 atom stereocenters. The van der Waals surface area contributed by atoms with E-state index in [1.54, 1.807) is 23.1 Å². The summed E-state index contributed by atoms with van der Waals surface area (Å²) in [4.78, 5) is 14.0. The highest BCUT2D eigenvalue weighted by atomic mass is 35.5. The van der Waals surface area contributed by atoms with Crippen LogP contribution in [0.1, 0.15) is 19.8 Å². The van der Waals surface area contributed by atoms with Crippen LogP contribution in [0, 0.1) is 5.92 Å². The maximum atomic E-state index is 12.3. The number of benzene rings is 1. The topological polar surface area (TPSA) is 64.9 Å². The van der Waals surface area contributed by atoms with Crippen molar-refractivity contribution in [3.05, 3.63) is 28.2 Å². The van der Waals surface area contributed by atoms with Gasteiger partial charge in [0.2, 0.25) is 0 Å². The number of piperidine rings is 1. The lowest BCUT2D eigenvalue weighted by Gasteiger charge is -2.32. The first kappa shape index (κ1) is 15.9. The molecule has 1 aliphatic rings. The minimum atomic E-state index is -0.191. The summed E-state index contributed by atoms with van der Waals surface area (Å²) in [6.45, 7) is 3.09. The van der Waals surface area contributed by atoms with E-state index in [0.29, 0.717) is 35.2 Å². The molecule has 2 amide bonds. The van der Waals surface area contributed by atoms with Crippen LogP contribution in [0.5, 0.6) is 0 Å². The number of oxime groups is 1. The summed E-state index contributed by atoms with van der Waals surface area (Å²) in [6, 6.07) is 4.77. The molecule has 1 aromatic carbocycles. The van der Waals surface area contributed by atoms with Crippen LogP contribution in [-0.2, 0) is 0 Å². The normalized spacial score (nSPS) is 20.6. The first-order chi connectivity index (χ1) is 10.0. The Morgan fingerprint density at radius 3 is 2.86 bits per heavy atom. The average molecular weight is 330 g/mol. The Labute approximate surface area is 133 Å². The molecule has 2 rings (SSSR count). The van der Waals surface area contributed by atoms with E-state index in [1.807, 2.05) is 6.92 Å². The largest absolute Gasteiger partial charge is 0.411 e. The van der Waals surface area contributed by atoms with E-state index >= 15 is 0 Å². The van der Waals surface area contributed by atoms with Gasteiger partial charge in [-0.3, -0.25) is 0 Å². The van der Waals surface area contributed by atoms with Crippen molar-refractivity contribution in [3.63, 3.8) is 0 Å². The average Bonchev–Trinajstić information content (AvgIpc) is 2.50. The highest BCUT2D eigenvalue weighted by Gasteiger charge is 2.27. The van der Waals surface area contributed by atoms with Crippen molar-refractivity contribution in [2.24, 2.45) is 11.1 Å². The van der Waals surface area contributed by atoms with Gasteiger partial charge in [0.05, 0.1) is 15.8 Å². The standard InChI is InChI=1S/C14H17Cl2N3O2/c1-2-9-8-19(6-5-13(9)18-21)14(20)17-10-3-4-11(15)12(16)7-10/h3-4,7,9,21H,2,5-6,8H2,1H3,(H,17,20)/b18-13+. The zero-order chi connectivity index (χ0) is 15.4. The van der Waals surface area contributed by atoms with Gasteiger partial charge in [-0.25, -0.2) is 4.79 Å². The van der Waals surface area contributed by atoms with Gasteiger partial charge in [0.25, 0.3) is 0 Å². The van der Waals surface area contributed by atoms with Crippen LogP contribution in [0.25, 0.3) is 0 Å². The van der Waals surface area contributed by atoms with Gasteiger partial charge >= 0.3 is 6.03 Å². The molecule has 0 aromatic heterocycles. The summed E-state index contributed by atoms with van der Waals surface area (Å²) in [6.07, 6.45) is 1.42. The van der Waals surface area contributed by atoms with Gasteiger partial charge in [-0.1, -0.05) is 35.3 Å². The molecule has 1 aliphatic heterocycles. The smallest absolute Gasteiger partial charge is 0.321 e. The fourth-order valence-corrected chi connectivity index (χ4v) is 2.67.